The molecule has 0 aliphatic rings. The predicted octanol–water partition coefficient (Wildman–Crippen LogP) is 1.96. The maximum absolute atomic E-state index is 11.1. The smallest absolute Gasteiger partial charge is 0.274 e. The molecule has 0 saturated heterocycles. The number of hydrogen-bond donors (Lipinski definition) is 2. The van der Waals surface area contributed by atoms with E-state index in [-0.39, 0.29) is 11.3 Å². The van der Waals surface area contributed by atoms with Gasteiger partial charge in [-0.3, -0.25) is 14.9 Å². The van der Waals surface area contributed by atoms with E-state index >= 15 is 0 Å². The summed E-state index contributed by atoms with van der Waals surface area (Å²) in [7, 11) is 0. The van der Waals surface area contributed by atoms with E-state index in [1.165, 1.54) is 30.0 Å². The summed E-state index contributed by atoms with van der Waals surface area (Å²) >= 11 is 1.39. The highest BCUT2D eigenvalue weighted by Crippen LogP contribution is 2.28. The number of rotatable bonds is 5. The Kier molecular flexibility index (Phi) is 4.39. The van der Waals surface area contributed by atoms with Crippen LogP contribution < -0.4 is 11.5 Å². The number of aromatic nitrogens is 1. The number of nitro benzene ring substituents is 1. The quantitative estimate of drug-likeness (QED) is 0.494. The maximum atomic E-state index is 11.1. The second-order valence-electron chi connectivity index (χ2n) is 4.17. The molecule has 4 N–H and O–H groups in total. The Hall–Kier alpha value is -2.61. The Labute approximate surface area is 124 Å². The van der Waals surface area contributed by atoms with Gasteiger partial charge < -0.3 is 11.5 Å². The highest BCUT2D eigenvalue weighted by Gasteiger charge is 2.16. The van der Waals surface area contributed by atoms with Crippen LogP contribution in [0.2, 0.25) is 0 Å². The first-order chi connectivity index (χ1) is 9.97. The Balaban J connectivity index is 2.21. The number of nitro groups is 1. The van der Waals surface area contributed by atoms with Gasteiger partial charge in [-0.2, -0.15) is 0 Å². The molecule has 8 heteroatoms. The van der Waals surface area contributed by atoms with Crippen LogP contribution in [0.1, 0.15) is 15.9 Å². The van der Waals surface area contributed by atoms with Gasteiger partial charge in [0.1, 0.15) is 5.82 Å². The number of nitrogens with zero attached hydrogens (tertiary/aromatic N) is 2. The molecule has 0 spiro atoms. The second-order valence-corrected chi connectivity index (χ2v) is 5.22. The largest absolute Gasteiger partial charge is 0.384 e. The zero-order chi connectivity index (χ0) is 15.4. The average molecular weight is 304 g/mol. The zero-order valence-electron chi connectivity index (χ0n) is 10.9. The van der Waals surface area contributed by atoms with E-state index in [0.717, 1.165) is 4.90 Å². The highest BCUT2D eigenvalue weighted by molar-refractivity contribution is 7.98. The molecule has 0 radical (unpaired) electrons. The van der Waals surface area contributed by atoms with Crippen molar-refractivity contribution in [2.45, 2.75) is 10.6 Å². The van der Waals surface area contributed by atoms with Crippen LogP contribution in [-0.4, -0.2) is 15.8 Å². The van der Waals surface area contributed by atoms with Crippen LogP contribution in [0.3, 0.4) is 0 Å². The molecule has 2 rings (SSSR count). The molecule has 108 valence electrons. The SMILES string of the molecule is NC(=O)c1ccc(CSc2ccc(N)nc2)c([N+](=O)[O-])c1. The van der Waals surface area contributed by atoms with Gasteiger partial charge in [0.2, 0.25) is 5.91 Å². The van der Waals surface area contributed by atoms with Gasteiger partial charge in [0.25, 0.3) is 5.69 Å². The van der Waals surface area contributed by atoms with Crippen LogP contribution in [-0.2, 0) is 5.75 Å². The number of benzene rings is 1. The normalized spacial score (nSPS) is 10.3. The third-order valence-electron chi connectivity index (χ3n) is 2.72. The van der Waals surface area contributed by atoms with Crippen LogP contribution in [0.5, 0.6) is 0 Å². The minimum atomic E-state index is -0.694. The van der Waals surface area contributed by atoms with E-state index in [1.54, 1.807) is 18.3 Å². The summed E-state index contributed by atoms with van der Waals surface area (Å²) in [6, 6.07) is 7.66. The number of hydrogen-bond acceptors (Lipinski definition) is 6. The number of carbonyl (C=O) groups is 1. The number of pyridine rings is 1. The molecular weight excluding hydrogens is 292 g/mol. The van der Waals surface area contributed by atoms with Crippen molar-refractivity contribution < 1.29 is 9.72 Å². The third kappa shape index (κ3) is 3.69. The second kappa shape index (κ2) is 6.23. The van der Waals surface area contributed by atoms with Gasteiger partial charge in [0.05, 0.1) is 4.92 Å². The number of amides is 1. The van der Waals surface area contributed by atoms with Gasteiger partial charge in [0.15, 0.2) is 0 Å². The average Bonchev–Trinajstić information content (AvgIpc) is 2.46. The molecule has 1 amide bonds. The first-order valence-corrected chi connectivity index (χ1v) is 6.87. The zero-order valence-corrected chi connectivity index (χ0v) is 11.7. The van der Waals surface area contributed by atoms with Gasteiger partial charge in [-0.05, 0) is 18.2 Å². The Morgan fingerprint density at radius 2 is 2.10 bits per heavy atom. The topological polar surface area (TPSA) is 125 Å². The van der Waals surface area contributed by atoms with Gasteiger partial charge >= 0.3 is 0 Å². The summed E-state index contributed by atoms with van der Waals surface area (Å²) < 4.78 is 0. The van der Waals surface area contributed by atoms with Gasteiger partial charge in [-0.25, -0.2) is 4.98 Å². The Morgan fingerprint density at radius 3 is 2.67 bits per heavy atom. The van der Waals surface area contributed by atoms with Crippen molar-refractivity contribution in [1.29, 1.82) is 0 Å². The summed E-state index contributed by atoms with van der Waals surface area (Å²) in [5.74, 6) is 0.0946. The molecule has 0 atom stereocenters. The summed E-state index contributed by atoms with van der Waals surface area (Å²) in [6.45, 7) is 0. The summed E-state index contributed by atoms with van der Waals surface area (Å²) in [5, 5.41) is 11.1. The van der Waals surface area contributed by atoms with Crippen molar-refractivity contribution in [2.24, 2.45) is 5.73 Å². The minimum absolute atomic E-state index is 0.115. The number of anilines is 1. The molecule has 21 heavy (non-hydrogen) atoms. The summed E-state index contributed by atoms with van der Waals surface area (Å²) in [4.78, 5) is 26.4. The predicted molar refractivity (Wildman–Crippen MR) is 79.8 cm³/mol. The van der Waals surface area contributed by atoms with E-state index < -0.39 is 10.8 Å². The van der Waals surface area contributed by atoms with Crippen LogP contribution >= 0.6 is 11.8 Å². The lowest BCUT2D eigenvalue weighted by atomic mass is 10.1. The number of nitrogens with two attached hydrogens (primary N) is 2. The fourth-order valence-electron chi connectivity index (χ4n) is 1.65. The minimum Gasteiger partial charge on any atom is -0.384 e. The lowest BCUT2D eigenvalue weighted by Gasteiger charge is -2.05. The summed E-state index contributed by atoms with van der Waals surface area (Å²) in [5.41, 5.74) is 11.1. The van der Waals surface area contributed by atoms with Gasteiger partial charge in [0, 0.05) is 34.0 Å². The number of nitrogen functional groups attached to an aromatic ring is 1. The standard InChI is InChI=1S/C13H12N4O3S/c14-12-4-3-10(6-16-12)21-7-9-2-1-8(13(15)18)5-11(9)17(19)20/h1-6H,7H2,(H2,14,16)(H2,15,18). The van der Waals surface area contributed by atoms with Crippen molar-refractivity contribution in [2.75, 3.05) is 5.73 Å². The van der Waals surface area contributed by atoms with Gasteiger partial charge in [-0.15, -0.1) is 11.8 Å². The molecule has 0 aliphatic heterocycles. The fraction of sp³-hybridized carbons (Fsp3) is 0.0769. The van der Waals surface area contributed by atoms with Crippen molar-refractivity contribution in [3.63, 3.8) is 0 Å². The first-order valence-electron chi connectivity index (χ1n) is 5.89. The molecule has 0 unspecified atom stereocenters. The molecule has 0 fully saturated rings. The maximum Gasteiger partial charge on any atom is 0.274 e. The van der Waals surface area contributed by atoms with E-state index in [2.05, 4.69) is 4.98 Å². The van der Waals surface area contributed by atoms with Crippen LogP contribution in [0.15, 0.2) is 41.4 Å². The molecular formula is C13H12N4O3S. The van der Waals surface area contributed by atoms with Crippen molar-refractivity contribution >= 4 is 29.2 Å². The number of thioether (sulfide) groups is 1. The molecule has 1 heterocycles. The molecule has 2 aromatic rings. The van der Waals surface area contributed by atoms with E-state index in [4.69, 9.17) is 11.5 Å². The fourth-order valence-corrected chi connectivity index (χ4v) is 2.51. The molecule has 0 aliphatic carbocycles. The first kappa shape index (κ1) is 14.8. The molecule has 1 aromatic heterocycles. The lowest BCUT2D eigenvalue weighted by Crippen LogP contribution is -2.11. The number of carbonyl (C=O) groups excluding carboxylic acids is 1. The van der Waals surface area contributed by atoms with Crippen LogP contribution in [0.4, 0.5) is 11.5 Å². The summed E-state index contributed by atoms with van der Waals surface area (Å²) in [6.07, 6.45) is 1.60. The van der Waals surface area contributed by atoms with Crippen molar-refractivity contribution in [3.05, 3.63) is 57.8 Å². The lowest BCUT2D eigenvalue weighted by molar-refractivity contribution is -0.385. The van der Waals surface area contributed by atoms with Gasteiger partial charge in [-0.1, -0.05) is 6.07 Å². The Morgan fingerprint density at radius 1 is 1.33 bits per heavy atom. The molecule has 0 saturated carbocycles. The van der Waals surface area contributed by atoms with Crippen LogP contribution in [0, 0.1) is 10.1 Å². The Bertz CT molecular complexity index is 688. The van der Waals surface area contributed by atoms with E-state index in [1.807, 2.05) is 0 Å². The van der Waals surface area contributed by atoms with E-state index in [0.29, 0.717) is 17.1 Å². The van der Waals surface area contributed by atoms with E-state index in [9.17, 15) is 14.9 Å². The van der Waals surface area contributed by atoms with Crippen LogP contribution in [0.25, 0.3) is 0 Å². The molecule has 7 nitrogen and oxygen atoms in total. The van der Waals surface area contributed by atoms with Crippen molar-refractivity contribution in [3.8, 4) is 0 Å². The molecule has 1 aromatic carbocycles. The third-order valence-corrected chi connectivity index (χ3v) is 3.75. The number of primary amides is 1. The molecule has 0 bridgehead atoms. The highest BCUT2D eigenvalue weighted by atomic mass is 32.2. The monoisotopic (exact) mass is 304 g/mol. The van der Waals surface area contributed by atoms with Crippen molar-refractivity contribution in [1.82, 2.24) is 4.98 Å².